The lowest BCUT2D eigenvalue weighted by Crippen LogP contribution is -2.24. The summed E-state index contributed by atoms with van der Waals surface area (Å²) >= 11 is 0. The van der Waals surface area contributed by atoms with E-state index in [0.29, 0.717) is 12.2 Å². The molecule has 0 aliphatic rings. The third kappa shape index (κ3) is 3.33. The van der Waals surface area contributed by atoms with Crippen molar-refractivity contribution in [1.29, 1.82) is 0 Å². The summed E-state index contributed by atoms with van der Waals surface area (Å²) in [6.45, 7) is 2.62. The summed E-state index contributed by atoms with van der Waals surface area (Å²) in [6.07, 6.45) is 4.58. The largest absolute Gasteiger partial charge is 0.351 e. The predicted octanol–water partition coefficient (Wildman–Crippen LogP) is 4.07. The Bertz CT molecular complexity index is 1110. The van der Waals surface area contributed by atoms with Gasteiger partial charge in [0.2, 0.25) is 0 Å². The smallest absolute Gasteiger partial charge is 0.271 e. The van der Waals surface area contributed by atoms with Gasteiger partial charge in [-0.1, -0.05) is 25.1 Å². The maximum atomic E-state index is 13.6. The van der Waals surface area contributed by atoms with Gasteiger partial charge in [-0.15, -0.1) is 0 Å². The Hall–Kier alpha value is -3.41. The molecule has 0 aliphatic heterocycles. The highest BCUT2D eigenvalue weighted by Gasteiger charge is 2.12. The highest BCUT2D eigenvalue weighted by atomic mass is 19.1. The average molecular weight is 362 g/mol. The van der Waals surface area contributed by atoms with Gasteiger partial charge in [-0.3, -0.25) is 4.79 Å². The Morgan fingerprint density at radius 1 is 1.11 bits per heavy atom. The molecule has 6 heteroatoms. The van der Waals surface area contributed by atoms with Crippen molar-refractivity contribution in [2.45, 2.75) is 13.3 Å². The molecule has 0 unspecified atom stereocenters. The molecule has 4 rings (SSSR count). The number of nitrogens with zero attached hydrogens (tertiary/aromatic N) is 3. The van der Waals surface area contributed by atoms with E-state index < -0.39 is 0 Å². The van der Waals surface area contributed by atoms with E-state index in [2.05, 4.69) is 10.4 Å². The minimum absolute atomic E-state index is 0.183. The summed E-state index contributed by atoms with van der Waals surface area (Å²) in [5.74, 6) is 0.352. The summed E-state index contributed by atoms with van der Waals surface area (Å²) < 4.78 is 17.2. The van der Waals surface area contributed by atoms with Gasteiger partial charge in [0.15, 0.2) is 5.69 Å². The van der Waals surface area contributed by atoms with Crippen LogP contribution in [0.2, 0.25) is 0 Å². The van der Waals surface area contributed by atoms with Crippen molar-refractivity contribution in [2.24, 2.45) is 0 Å². The van der Waals surface area contributed by atoms with E-state index in [1.54, 1.807) is 23.0 Å². The Labute approximate surface area is 156 Å². The first-order valence-corrected chi connectivity index (χ1v) is 8.87. The van der Waals surface area contributed by atoms with Gasteiger partial charge < -0.3 is 9.72 Å². The van der Waals surface area contributed by atoms with Crippen LogP contribution in [-0.2, 0) is 0 Å². The van der Waals surface area contributed by atoms with Gasteiger partial charge >= 0.3 is 0 Å². The van der Waals surface area contributed by atoms with E-state index in [1.165, 1.54) is 12.1 Å². The Kier molecular flexibility index (Phi) is 4.46. The van der Waals surface area contributed by atoms with Gasteiger partial charge in [0.25, 0.3) is 5.91 Å². The van der Waals surface area contributed by atoms with Gasteiger partial charge in [0.1, 0.15) is 11.6 Å². The normalized spacial score (nSPS) is 11.0. The number of halogens is 1. The Morgan fingerprint density at radius 2 is 1.96 bits per heavy atom. The Morgan fingerprint density at radius 3 is 2.78 bits per heavy atom. The molecule has 4 aromatic rings. The van der Waals surface area contributed by atoms with Crippen LogP contribution in [0.15, 0.2) is 67.0 Å². The van der Waals surface area contributed by atoms with Crippen molar-refractivity contribution in [2.75, 3.05) is 6.54 Å². The van der Waals surface area contributed by atoms with Crippen molar-refractivity contribution in [1.82, 2.24) is 19.5 Å². The number of fused-ring (bicyclic) bond motifs is 1. The van der Waals surface area contributed by atoms with Crippen molar-refractivity contribution in [3.05, 3.63) is 78.5 Å². The van der Waals surface area contributed by atoms with Crippen LogP contribution in [0.25, 0.3) is 22.5 Å². The summed E-state index contributed by atoms with van der Waals surface area (Å²) in [5.41, 5.74) is 3.06. The number of nitrogens with one attached hydrogen (secondary N) is 1. The van der Waals surface area contributed by atoms with E-state index in [0.717, 1.165) is 28.9 Å². The van der Waals surface area contributed by atoms with Crippen LogP contribution in [-0.4, -0.2) is 26.6 Å². The number of carbonyl (C=O) groups excluding carboxylic acids is 1. The fourth-order valence-electron chi connectivity index (χ4n) is 3.01. The van der Waals surface area contributed by atoms with E-state index in [9.17, 15) is 9.18 Å². The number of amides is 1. The molecule has 3 heterocycles. The van der Waals surface area contributed by atoms with Crippen LogP contribution < -0.4 is 5.32 Å². The molecule has 0 saturated heterocycles. The van der Waals surface area contributed by atoms with Crippen LogP contribution in [0.4, 0.5) is 4.39 Å². The van der Waals surface area contributed by atoms with Crippen molar-refractivity contribution < 1.29 is 9.18 Å². The van der Waals surface area contributed by atoms with Crippen molar-refractivity contribution >= 4 is 11.4 Å². The molecule has 0 aliphatic carbocycles. The Balaban J connectivity index is 1.72. The van der Waals surface area contributed by atoms with Crippen LogP contribution >= 0.6 is 0 Å². The first-order chi connectivity index (χ1) is 13.2. The summed E-state index contributed by atoms with van der Waals surface area (Å²) in [6, 6.07) is 16.0. The van der Waals surface area contributed by atoms with Crippen LogP contribution in [0, 0.1) is 5.82 Å². The molecule has 0 saturated carbocycles. The van der Waals surface area contributed by atoms with Crippen LogP contribution in [0.1, 0.15) is 23.8 Å². The third-order valence-corrected chi connectivity index (χ3v) is 4.38. The minimum atomic E-state index is -0.268. The predicted molar refractivity (Wildman–Crippen MR) is 103 cm³/mol. The molecule has 136 valence electrons. The first kappa shape index (κ1) is 17.0. The molecular formula is C21H19FN4O. The molecule has 5 nitrogen and oxygen atoms in total. The highest BCUT2D eigenvalue weighted by Crippen LogP contribution is 2.23. The van der Waals surface area contributed by atoms with Gasteiger partial charge in [0, 0.05) is 24.5 Å². The fraction of sp³-hybridized carbons (Fsp3) is 0.143. The quantitative estimate of drug-likeness (QED) is 0.582. The highest BCUT2D eigenvalue weighted by molar-refractivity contribution is 5.92. The molecule has 0 atom stereocenters. The second-order valence-corrected chi connectivity index (χ2v) is 6.32. The zero-order valence-corrected chi connectivity index (χ0v) is 14.9. The van der Waals surface area contributed by atoms with Crippen molar-refractivity contribution in [3.63, 3.8) is 0 Å². The molecule has 1 N–H and O–H groups in total. The number of rotatable bonds is 5. The number of aromatic nitrogens is 3. The zero-order chi connectivity index (χ0) is 18.8. The van der Waals surface area contributed by atoms with Crippen LogP contribution in [0.3, 0.4) is 0 Å². The number of benzene rings is 1. The van der Waals surface area contributed by atoms with Crippen LogP contribution in [0.5, 0.6) is 0 Å². The molecule has 1 aromatic carbocycles. The number of carbonyl (C=O) groups is 1. The zero-order valence-electron chi connectivity index (χ0n) is 14.9. The lowest BCUT2D eigenvalue weighted by Gasteiger charge is -2.07. The second-order valence-electron chi connectivity index (χ2n) is 6.32. The average Bonchev–Trinajstić information content (AvgIpc) is 3.32. The van der Waals surface area contributed by atoms with Gasteiger partial charge in [-0.2, -0.15) is 5.10 Å². The fourth-order valence-corrected chi connectivity index (χ4v) is 3.01. The lowest BCUT2D eigenvalue weighted by molar-refractivity contribution is 0.0948. The molecular weight excluding hydrogens is 343 g/mol. The van der Waals surface area contributed by atoms with Gasteiger partial charge in [-0.25, -0.2) is 9.07 Å². The summed E-state index contributed by atoms with van der Waals surface area (Å²) in [7, 11) is 0. The molecule has 0 bridgehead atoms. The summed E-state index contributed by atoms with van der Waals surface area (Å²) in [5, 5.41) is 7.22. The van der Waals surface area contributed by atoms with Crippen molar-refractivity contribution in [3.8, 4) is 16.9 Å². The number of pyridine rings is 1. The minimum Gasteiger partial charge on any atom is -0.351 e. The molecule has 3 aromatic heterocycles. The van der Waals surface area contributed by atoms with Gasteiger partial charge in [-0.05, 0) is 53.9 Å². The SMILES string of the molecule is CCCNC(=O)c1ccn(-c2ccc3ccc(-c4cccc(F)c4)cn23)n1. The van der Waals surface area contributed by atoms with E-state index in [1.807, 2.05) is 47.9 Å². The molecule has 0 spiro atoms. The number of hydrogen-bond donors (Lipinski definition) is 1. The maximum Gasteiger partial charge on any atom is 0.271 e. The summed E-state index contributed by atoms with van der Waals surface area (Å²) in [4.78, 5) is 12.1. The number of hydrogen-bond acceptors (Lipinski definition) is 2. The van der Waals surface area contributed by atoms with E-state index in [4.69, 9.17) is 0 Å². The van der Waals surface area contributed by atoms with E-state index in [-0.39, 0.29) is 11.7 Å². The maximum absolute atomic E-state index is 13.6. The van der Waals surface area contributed by atoms with E-state index >= 15 is 0 Å². The molecule has 27 heavy (non-hydrogen) atoms. The topological polar surface area (TPSA) is 51.3 Å². The molecule has 0 radical (unpaired) electrons. The first-order valence-electron chi connectivity index (χ1n) is 8.87. The second kappa shape index (κ2) is 7.07. The monoisotopic (exact) mass is 362 g/mol. The third-order valence-electron chi connectivity index (χ3n) is 4.38. The standard InChI is InChI=1S/C21H19FN4O/c1-2-11-23-21(27)19-10-12-26(24-19)20-9-8-18-7-6-16(14-25(18)20)15-4-3-5-17(22)13-15/h3-10,12-14H,2,11H2,1H3,(H,23,27). The molecule has 1 amide bonds. The van der Waals surface area contributed by atoms with Gasteiger partial charge in [0.05, 0.1) is 0 Å². The molecule has 0 fully saturated rings. The lowest BCUT2D eigenvalue weighted by atomic mass is 10.1.